The largest absolute Gasteiger partial charge is 0.497 e. The number of aryl methyl sites for hydroxylation is 1. The molecular weight excluding hydrogens is 574 g/mol. The molecule has 1 unspecified atom stereocenters. The summed E-state index contributed by atoms with van der Waals surface area (Å²) in [6.45, 7) is 3.91. The number of methoxy groups -OCH3 is 2. The lowest BCUT2D eigenvalue weighted by atomic mass is 10.1. The van der Waals surface area contributed by atoms with Crippen LogP contribution in [0.2, 0.25) is 0 Å². The van der Waals surface area contributed by atoms with E-state index in [0.29, 0.717) is 34.7 Å². The van der Waals surface area contributed by atoms with Gasteiger partial charge in [0.15, 0.2) is 0 Å². The lowest BCUT2D eigenvalue weighted by molar-refractivity contribution is -0.116. The van der Waals surface area contributed by atoms with Crippen LogP contribution in [0.1, 0.15) is 34.8 Å². The molecule has 8 nitrogen and oxygen atoms in total. The molecule has 0 aliphatic carbocycles. The fourth-order valence-corrected chi connectivity index (χ4v) is 5.32. The van der Waals surface area contributed by atoms with Crippen molar-refractivity contribution in [3.63, 3.8) is 0 Å². The van der Waals surface area contributed by atoms with Gasteiger partial charge in [0.05, 0.1) is 19.5 Å². The molecule has 0 saturated heterocycles. The minimum Gasteiger partial charge on any atom is -0.497 e. The smallest absolute Gasteiger partial charge is 0.272 e. The van der Waals surface area contributed by atoms with Gasteiger partial charge in [-0.25, -0.2) is 0 Å². The predicted octanol–water partition coefficient (Wildman–Crippen LogP) is 6.93. The number of carbonyl (C=O) groups is 3. The fourth-order valence-electron chi connectivity index (χ4n) is 4.31. The van der Waals surface area contributed by atoms with Crippen LogP contribution in [0.5, 0.6) is 11.5 Å². The first-order valence-electron chi connectivity index (χ1n) is 14.1. The molecular formula is C35H35N3O5S. The zero-order valence-electron chi connectivity index (χ0n) is 25.0. The van der Waals surface area contributed by atoms with E-state index < -0.39 is 11.8 Å². The van der Waals surface area contributed by atoms with Gasteiger partial charge in [0.25, 0.3) is 11.8 Å². The first-order chi connectivity index (χ1) is 21.3. The third-order valence-electron chi connectivity index (χ3n) is 6.70. The average molecular weight is 610 g/mol. The topological polar surface area (TPSA) is 106 Å². The Balaban J connectivity index is 1.56. The van der Waals surface area contributed by atoms with E-state index in [4.69, 9.17) is 9.47 Å². The van der Waals surface area contributed by atoms with Crippen molar-refractivity contribution >= 4 is 46.9 Å². The van der Waals surface area contributed by atoms with E-state index in [1.165, 1.54) is 18.9 Å². The molecule has 1 atom stereocenters. The van der Waals surface area contributed by atoms with Crippen LogP contribution in [0.4, 0.5) is 11.4 Å². The van der Waals surface area contributed by atoms with Gasteiger partial charge in [0, 0.05) is 27.4 Å². The Bertz CT molecular complexity index is 1660. The number of thioether (sulfide) groups is 1. The number of benzene rings is 4. The van der Waals surface area contributed by atoms with E-state index in [1.807, 2.05) is 50.2 Å². The van der Waals surface area contributed by atoms with Gasteiger partial charge in [-0.3, -0.25) is 14.4 Å². The number of ether oxygens (including phenoxy) is 2. The minimum absolute atomic E-state index is 0.00695. The van der Waals surface area contributed by atoms with Crippen LogP contribution in [0, 0.1) is 6.92 Å². The normalized spacial score (nSPS) is 11.7. The fraction of sp³-hybridized carbons (Fsp3) is 0.171. The lowest BCUT2D eigenvalue weighted by Crippen LogP contribution is -2.30. The summed E-state index contributed by atoms with van der Waals surface area (Å²) in [4.78, 5) is 40.6. The second-order valence-electron chi connectivity index (χ2n) is 9.79. The van der Waals surface area contributed by atoms with Gasteiger partial charge in [-0.2, -0.15) is 0 Å². The van der Waals surface area contributed by atoms with Crippen molar-refractivity contribution in [2.45, 2.75) is 30.4 Å². The zero-order valence-corrected chi connectivity index (χ0v) is 25.9. The van der Waals surface area contributed by atoms with E-state index >= 15 is 0 Å². The monoisotopic (exact) mass is 609 g/mol. The number of hydrogen-bond acceptors (Lipinski definition) is 6. The molecule has 9 heteroatoms. The Kier molecular flexibility index (Phi) is 11.2. The molecule has 4 aromatic rings. The van der Waals surface area contributed by atoms with Gasteiger partial charge in [0.1, 0.15) is 17.2 Å². The third kappa shape index (κ3) is 8.52. The number of anilines is 2. The van der Waals surface area contributed by atoms with Gasteiger partial charge < -0.3 is 25.4 Å². The Morgan fingerprint density at radius 3 is 2.30 bits per heavy atom. The standard InChI is InChI=1S/C35H35N3O5S/c1-5-32(35(41)37-29-17-10-9-12-23(29)2)44-28-16-11-15-26(22-28)36-34(40)30(38-33(39)24-13-7-6-8-14-24)21-25-20-27(42-3)18-19-31(25)43-4/h6-22,32H,5H2,1-4H3,(H,36,40)(H,37,41)(H,38,39)/b30-21+. The van der Waals surface area contributed by atoms with E-state index in [0.717, 1.165) is 16.1 Å². The molecule has 0 fully saturated rings. The summed E-state index contributed by atoms with van der Waals surface area (Å²) in [5, 5.41) is 8.30. The molecule has 0 saturated carbocycles. The van der Waals surface area contributed by atoms with Gasteiger partial charge in [-0.15, -0.1) is 11.8 Å². The highest BCUT2D eigenvalue weighted by Gasteiger charge is 2.20. The third-order valence-corrected chi connectivity index (χ3v) is 8.06. The van der Waals surface area contributed by atoms with Crippen molar-refractivity contribution in [1.82, 2.24) is 5.32 Å². The average Bonchev–Trinajstić information content (AvgIpc) is 3.04. The second kappa shape index (κ2) is 15.5. The molecule has 3 N–H and O–H groups in total. The van der Waals surface area contributed by atoms with E-state index in [-0.39, 0.29) is 16.9 Å². The summed E-state index contributed by atoms with van der Waals surface area (Å²) in [5.41, 5.74) is 3.22. The lowest BCUT2D eigenvalue weighted by Gasteiger charge is -2.17. The molecule has 0 spiro atoms. The molecule has 0 aromatic heterocycles. The van der Waals surface area contributed by atoms with Crippen molar-refractivity contribution in [1.29, 1.82) is 0 Å². The molecule has 4 rings (SSSR count). The first kappa shape index (κ1) is 31.9. The Morgan fingerprint density at radius 2 is 1.59 bits per heavy atom. The van der Waals surface area contributed by atoms with Crippen LogP contribution in [0.15, 0.2) is 108 Å². The highest BCUT2D eigenvalue weighted by Crippen LogP contribution is 2.30. The van der Waals surface area contributed by atoms with Crippen LogP contribution in [-0.2, 0) is 9.59 Å². The van der Waals surface area contributed by atoms with Crippen molar-refractivity contribution < 1.29 is 23.9 Å². The highest BCUT2D eigenvalue weighted by molar-refractivity contribution is 8.00. The van der Waals surface area contributed by atoms with Crippen LogP contribution in [0.3, 0.4) is 0 Å². The maximum absolute atomic E-state index is 13.6. The molecule has 0 heterocycles. The van der Waals surface area contributed by atoms with Crippen LogP contribution < -0.4 is 25.4 Å². The van der Waals surface area contributed by atoms with Crippen LogP contribution in [-0.4, -0.2) is 37.2 Å². The van der Waals surface area contributed by atoms with E-state index in [9.17, 15) is 14.4 Å². The summed E-state index contributed by atoms with van der Waals surface area (Å²) in [6, 6.07) is 28.7. The SMILES string of the molecule is CCC(Sc1cccc(NC(=O)/C(=C\c2cc(OC)ccc2OC)NC(=O)c2ccccc2)c1)C(=O)Nc1ccccc1C. The van der Waals surface area contributed by atoms with Crippen molar-refractivity contribution in [2.24, 2.45) is 0 Å². The van der Waals surface area contributed by atoms with Gasteiger partial charge in [0.2, 0.25) is 5.91 Å². The zero-order chi connectivity index (χ0) is 31.5. The van der Waals surface area contributed by atoms with Gasteiger partial charge in [-0.05, 0) is 79.6 Å². The van der Waals surface area contributed by atoms with E-state index in [2.05, 4.69) is 16.0 Å². The summed E-state index contributed by atoms with van der Waals surface area (Å²) in [6.07, 6.45) is 2.15. The number of nitrogens with one attached hydrogen (secondary N) is 3. The van der Waals surface area contributed by atoms with Crippen molar-refractivity contribution in [3.05, 3.63) is 119 Å². The molecule has 44 heavy (non-hydrogen) atoms. The van der Waals surface area contributed by atoms with Crippen LogP contribution >= 0.6 is 11.8 Å². The number of rotatable bonds is 12. The first-order valence-corrected chi connectivity index (χ1v) is 14.9. The van der Waals surface area contributed by atoms with Gasteiger partial charge >= 0.3 is 0 Å². The minimum atomic E-state index is -0.536. The summed E-state index contributed by atoms with van der Waals surface area (Å²) >= 11 is 1.41. The number of para-hydroxylation sites is 1. The molecule has 226 valence electrons. The summed E-state index contributed by atoms with van der Waals surface area (Å²) < 4.78 is 10.8. The van der Waals surface area contributed by atoms with Gasteiger partial charge in [-0.1, -0.05) is 49.4 Å². The predicted molar refractivity (Wildman–Crippen MR) is 176 cm³/mol. The van der Waals surface area contributed by atoms with E-state index in [1.54, 1.807) is 73.8 Å². The number of amides is 3. The molecule has 0 aliphatic heterocycles. The molecule has 0 aliphatic rings. The Labute approximate surface area is 261 Å². The van der Waals surface area contributed by atoms with Crippen molar-refractivity contribution in [2.75, 3.05) is 24.9 Å². The maximum atomic E-state index is 13.6. The molecule has 3 amide bonds. The Morgan fingerprint density at radius 1 is 0.841 bits per heavy atom. The highest BCUT2D eigenvalue weighted by atomic mass is 32.2. The number of carbonyl (C=O) groups excluding carboxylic acids is 3. The van der Waals surface area contributed by atoms with Crippen LogP contribution in [0.25, 0.3) is 6.08 Å². The quantitative estimate of drug-likeness (QED) is 0.119. The second-order valence-corrected chi connectivity index (χ2v) is 11.1. The summed E-state index contributed by atoms with van der Waals surface area (Å²) in [7, 11) is 3.07. The van der Waals surface area contributed by atoms with Crippen molar-refractivity contribution in [3.8, 4) is 11.5 Å². The molecule has 0 bridgehead atoms. The number of hydrogen-bond donors (Lipinski definition) is 3. The maximum Gasteiger partial charge on any atom is 0.272 e. The Hall–Kier alpha value is -5.02. The summed E-state index contributed by atoms with van der Waals surface area (Å²) in [5.74, 6) is -0.0116. The molecule has 0 radical (unpaired) electrons. The molecule has 4 aromatic carbocycles.